The Bertz CT molecular complexity index is 623. The Morgan fingerprint density at radius 1 is 0.447 bits per heavy atom. The minimum absolute atomic E-state index is 0.0169. The quantitative estimate of drug-likeness (QED) is 0.0515. The summed E-state index contributed by atoms with van der Waals surface area (Å²) in [7, 11) is 0. The fraction of sp³-hybridized carbons (Fsp3) is 0.951. The van der Waals surface area contributed by atoms with Gasteiger partial charge in [-0.05, 0) is 18.8 Å². The molecule has 47 heavy (non-hydrogen) atoms. The molecule has 0 heterocycles. The highest BCUT2D eigenvalue weighted by molar-refractivity contribution is 5.69. The van der Waals surface area contributed by atoms with Crippen molar-refractivity contribution < 1.29 is 29.3 Å². The van der Waals surface area contributed by atoms with E-state index in [4.69, 9.17) is 19.7 Å². The van der Waals surface area contributed by atoms with Crippen LogP contribution in [0.1, 0.15) is 220 Å². The van der Waals surface area contributed by atoms with Crippen LogP contribution in [0.5, 0.6) is 0 Å². The Labute approximate surface area is 292 Å². The maximum Gasteiger partial charge on any atom is 0.305 e. The molecule has 6 heteroatoms. The van der Waals surface area contributed by atoms with Gasteiger partial charge < -0.3 is 19.7 Å². The van der Waals surface area contributed by atoms with Gasteiger partial charge in [-0.3, -0.25) is 9.59 Å². The third-order valence-corrected chi connectivity index (χ3v) is 8.69. The number of aliphatic hydroxyl groups excluding tert-OH is 2. The molecule has 0 aliphatic rings. The highest BCUT2D eigenvalue weighted by Crippen LogP contribution is 2.15. The summed E-state index contributed by atoms with van der Waals surface area (Å²) in [5.74, 6) is 0.148. The largest absolute Gasteiger partial charge is 0.465 e. The Hall–Kier alpha value is -1.14. The molecule has 0 radical (unpaired) electrons. The lowest BCUT2D eigenvalue weighted by Crippen LogP contribution is -2.21. The summed E-state index contributed by atoms with van der Waals surface area (Å²) in [6, 6.07) is 0. The maximum atomic E-state index is 11.4. The predicted molar refractivity (Wildman–Crippen MR) is 200 cm³/mol. The van der Waals surface area contributed by atoms with Crippen molar-refractivity contribution in [3.8, 4) is 0 Å². The van der Waals surface area contributed by atoms with Crippen LogP contribution in [0.15, 0.2) is 0 Å². The van der Waals surface area contributed by atoms with E-state index in [0.29, 0.717) is 25.4 Å². The summed E-state index contributed by atoms with van der Waals surface area (Å²) in [5.41, 5.74) is 0. The molecule has 6 nitrogen and oxygen atoms in total. The molecule has 282 valence electrons. The van der Waals surface area contributed by atoms with E-state index >= 15 is 0 Å². The minimum atomic E-state index is -0.954. The number of aliphatic hydroxyl groups is 2. The smallest absolute Gasteiger partial charge is 0.305 e. The van der Waals surface area contributed by atoms with Crippen molar-refractivity contribution >= 4 is 11.9 Å². The van der Waals surface area contributed by atoms with Crippen molar-refractivity contribution in [1.29, 1.82) is 0 Å². The molecule has 2 N–H and O–H groups in total. The summed E-state index contributed by atoms with van der Waals surface area (Å²) in [6.45, 7) is 8.77. The fourth-order valence-electron chi connectivity index (χ4n) is 5.57. The number of esters is 2. The molecule has 1 unspecified atom stereocenters. The third kappa shape index (κ3) is 44.9. The molecule has 0 aromatic rings. The Balaban J connectivity index is 0. The Morgan fingerprint density at radius 3 is 0.957 bits per heavy atom. The van der Waals surface area contributed by atoms with Crippen LogP contribution in [-0.2, 0) is 19.1 Å². The standard InChI is InChI=1S/C21H42O4.C20H40O2/c1-2-3-4-5-6-7-8-9-10-11-12-13-14-15-16-17-21(24)25-19-20(23)18-22;1-4-5-6-7-8-9-10-11-12-13-14-15-16-17-20(21)22-18-19(2)3/h20,22-23H,2-19H2,1H3;19H,4-18H2,1-3H3. The second-order valence-corrected chi connectivity index (χ2v) is 14.3. The molecule has 0 bridgehead atoms. The van der Waals surface area contributed by atoms with Gasteiger partial charge in [0, 0.05) is 12.8 Å². The molecule has 0 aromatic heterocycles. The fourth-order valence-corrected chi connectivity index (χ4v) is 5.57. The van der Waals surface area contributed by atoms with Gasteiger partial charge in [0.1, 0.15) is 12.7 Å². The second kappa shape index (κ2) is 41.0. The molecule has 0 fully saturated rings. The molecular formula is C41H82O6. The highest BCUT2D eigenvalue weighted by Gasteiger charge is 2.07. The van der Waals surface area contributed by atoms with E-state index in [1.54, 1.807) is 0 Å². The maximum absolute atomic E-state index is 11.4. The first-order valence-electron chi connectivity index (χ1n) is 20.5. The molecule has 0 saturated heterocycles. The summed E-state index contributed by atoms with van der Waals surface area (Å²) in [6.07, 6.45) is 37.0. The van der Waals surface area contributed by atoms with Crippen molar-refractivity contribution in [2.24, 2.45) is 5.92 Å². The molecule has 0 saturated carbocycles. The van der Waals surface area contributed by atoms with Gasteiger partial charge in [0.25, 0.3) is 0 Å². The first-order chi connectivity index (χ1) is 22.9. The summed E-state index contributed by atoms with van der Waals surface area (Å²) < 4.78 is 10.0. The van der Waals surface area contributed by atoms with Crippen LogP contribution in [0.25, 0.3) is 0 Å². The average molecular weight is 671 g/mol. The van der Waals surface area contributed by atoms with E-state index in [0.717, 1.165) is 19.3 Å². The van der Waals surface area contributed by atoms with Gasteiger partial charge in [0.15, 0.2) is 0 Å². The van der Waals surface area contributed by atoms with E-state index in [1.165, 1.54) is 161 Å². The van der Waals surface area contributed by atoms with Crippen molar-refractivity contribution in [1.82, 2.24) is 0 Å². The number of rotatable bonds is 35. The lowest BCUT2D eigenvalue weighted by Gasteiger charge is -2.08. The minimum Gasteiger partial charge on any atom is -0.465 e. The van der Waals surface area contributed by atoms with Crippen LogP contribution in [0, 0.1) is 5.92 Å². The van der Waals surface area contributed by atoms with E-state index < -0.39 is 6.10 Å². The molecular weight excluding hydrogens is 588 g/mol. The van der Waals surface area contributed by atoms with Gasteiger partial charge in [0.2, 0.25) is 0 Å². The van der Waals surface area contributed by atoms with E-state index in [1.807, 2.05) is 0 Å². The zero-order valence-corrected chi connectivity index (χ0v) is 32.0. The monoisotopic (exact) mass is 671 g/mol. The van der Waals surface area contributed by atoms with Gasteiger partial charge in [-0.25, -0.2) is 0 Å². The van der Waals surface area contributed by atoms with Crippen LogP contribution in [-0.4, -0.2) is 48.1 Å². The topological polar surface area (TPSA) is 93.1 Å². The van der Waals surface area contributed by atoms with Crippen LogP contribution in [0.3, 0.4) is 0 Å². The van der Waals surface area contributed by atoms with Crippen LogP contribution in [0.2, 0.25) is 0 Å². The number of hydrogen-bond acceptors (Lipinski definition) is 6. The number of unbranched alkanes of at least 4 members (excludes halogenated alkanes) is 26. The average Bonchev–Trinajstić information content (AvgIpc) is 3.06. The van der Waals surface area contributed by atoms with Gasteiger partial charge in [-0.2, -0.15) is 0 Å². The summed E-state index contributed by atoms with van der Waals surface area (Å²) >= 11 is 0. The normalized spacial score (nSPS) is 11.7. The van der Waals surface area contributed by atoms with E-state index in [9.17, 15) is 9.59 Å². The lowest BCUT2D eigenvalue weighted by molar-refractivity contribution is -0.147. The number of carbonyl (C=O) groups excluding carboxylic acids is 2. The molecule has 0 amide bonds. The zero-order chi connectivity index (χ0) is 35.1. The molecule has 0 spiro atoms. The van der Waals surface area contributed by atoms with Gasteiger partial charge in [-0.15, -0.1) is 0 Å². The van der Waals surface area contributed by atoms with Gasteiger partial charge in [0.05, 0.1) is 13.2 Å². The first kappa shape index (κ1) is 48.0. The lowest BCUT2D eigenvalue weighted by atomic mass is 10.0. The third-order valence-electron chi connectivity index (χ3n) is 8.69. The SMILES string of the molecule is CCCCCCCCCCCCCCCC(=O)OCC(C)C.CCCCCCCCCCCCCCCCCC(=O)OCC(O)CO. The van der Waals surface area contributed by atoms with Gasteiger partial charge in [-0.1, -0.05) is 195 Å². The molecule has 0 aromatic carbocycles. The second-order valence-electron chi connectivity index (χ2n) is 14.3. The Morgan fingerprint density at radius 2 is 0.702 bits per heavy atom. The molecule has 1 atom stereocenters. The molecule has 0 aliphatic carbocycles. The summed E-state index contributed by atoms with van der Waals surface area (Å²) in [5, 5.41) is 17.7. The van der Waals surface area contributed by atoms with Crippen molar-refractivity contribution in [2.75, 3.05) is 19.8 Å². The van der Waals surface area contributed by atoms with E-state index in [2.05, 4.69) is 27.7 Å². The van der Waals surface area contributed by atoms with Crippen LogP contribution >= 0.6 is 0 Å². The number of hydrogen-bond donors (Lipinski definition) is 2. The number of carbonyl (C=O) groups is 2. The molecule has 0 aliphatic heterocycles. The van der Waals surface area contributed by atoms with Crippen LogP contribution < -0.4 is 0 Å². The first-order valence-corrected chi connectivity index (χ1v) is 20.5. The zero-order valence-electron chi connectivity index (χ0n) is 32.0. The summed E-state index contributed by atoms with van der Waals surface area (Å²) in [4.78, 5) is 22.8. The highest BCUT2D eigenvalue weighted by atomic mass is 16.5. The van der Waals surface area contributed by atoms with Crippen LogP contribution in [0.4, 0.5) is 0 Å². The number of ether oxygens (including phenoxy) is 2. The van der Waals surface area contributed by atoms with Crippen molar-refractivity contribution in [3.05, 3.63) is 0 Å². The van der Waals surface area contributed by atoms with Crippen molar-refractivity contribution in [3.63, 3.8) is 0 Å². The van der Waals surface area contributed by atoms with Crippen molar-refractivity contribution in [2.45, 2.75) is 226 Å². The van der Waals surface area contributed by atoms with E-state index in [-0.39, 0.29) is 25.2 Å². The molecule has 0 rings (SSSR count). The predicted octanol–water partition coefficient (Wildman–Crippen LogP) is 11.8. The van der Waals surface area contributed by atoms with Gasteiger partial charge >= 0.3 is 11.9 Å². The Kier molecular flexibility index (Phi) is 41.9.